The smallest absolute Gasteiger partial charge is 0.225 e. The zero-order valence-electron chi connectivity index (χ0n) is 17.6. The Bertz CT molecular complexity index is 542. The summed E-state index contributed by atoms with van der Waals surface area (Å²) in [7, 11) is 0. The summed E-state index contributed by atoms with van der Waals surface area (Å²) >= 11 is 0. The van der Waals surface area contributed by atoms with Crippen molar-refractivity contribution < 1.29 is 9.53 Å². The predicted octanol–water partition coefficient (Wildman–Crippen LogP) is 2.54. The highest BCUT2D eigenvalue weighted by atomic mass is 16.5. The van der Waals surface area contributed by atoms with Crippen molar-refractivity contribution in [1.29, 1.82) is 0 Å². The van der Waals surface area contributed by atoms with Crippen LogP contribution in [-0.2, 0) is 9.53 Å². The van der Waals surface area contributed by atoms with Crippen LogP contribution in [0.3, 0.4) is 0 Å². The number of hydrogen-bond donors (Lipinski definition) is 2. The lowest BCUT2D eigenvalue weighted by atomic mass is 9.60. The van der Waals surface area contributed by atoms with Gasteiger partial charge in [-0.1, -0.05) is 26.7 Å². The zero-order chi connectivity index (χ0) is 19.4. The van der Waals surface area contributed by atoms with E-state index in [1.54, 1.807) is 0 Å². The van der Waals surface area contributed by atoms with E-state index in [0.717, 1.165) is 45.0 Å². The third-order valence-electron chi connectivity index (χ3n) is 6.65. The maximum atomic E-state index is 12.2. The summed E-state index contributed by atoms with van der Waals surface area (Å²) < 4.78 is 6.04. The van der Waals surface area contributed by atoms with E-state index in [1.807, 2.05) is 18.7 Å². The zero-order valence-corrected chi connectivity index (χ0v) is 17.6. The molecule has 3 fully saturated rings. The molecule has 2 saturated carbocycles. The molecular formula is C21H38N4O2. The fourth-order valence-electron chi connectivity index (χ4n) is 5.18. The van der Waals surface area contributed by atoms with Gasteiger partial charge in [0.05, 0.1) is 6.10 Å². The Morgan fingerprint density at radius 2 is 2.00 bits per heavy atom. The van der Waals surface area contributed by atoms with E-state index in [4.69, 9.17) is 9.73 Å². The van der Waals surface area contributed by atoms with Gasteiger partial charge in [-0.05, 0) is 39.5 Å². The molecule has 0 aromatic heterocycles. The topological polar surface area (TPSA) is 66.0 Å². The molecule has 3 rings (SSSR count). The highest BCUT2D eigenvalue weighted by molar-refractivity contribution is 5.81. The van der Waals surface area contributed by atoms with E-state index in [2.05, 4.69) is 24.5 Å². The number of likely N-dealkylation sites (tertiary alicyclic amines) is 1. The number of nitrogens with one attached hydrogen (secondary N) is 2. The van der Waals surface area contributed by atoms with Crippen molar-refractivity contribution in [3.63, 3.8) is 0 Å². The molecule has 0 aromatic carbocycles. The highest BCUT2D eigenvalue weighted by Crippen LogP contribution is 2.54. The first kappa shape index (κ1) is 20.4. The van der Waals surface area contributed by atoms with Crippen molar-refractivity contribution >= 4 is 11.9 Å². The molecule has 27 heavy (non-hydrogen) atoms. The number of hydrogen-bond acceptors (Lipinski definition) is 3. The van der Waals surface area contributed by atoms with Crippen LogP contribution >= 0.6 is 0 Å². The maximum absolute atomic E-state index is 12.2. The number of rotatable bonds is 6. The van der Waals surface area contributed by atoms with E-state index in [0.29, 0.717) is 17.6 Å². The van der Waals surface area contributed by atoms with Gasteiger partial charge in [0.2, 0.25) is 5.91 Å². The van der Waals surface area contributed by atoms with Crippen LogP contribution in [0.4, 0.5) is 0 Å². The lowest BCUT2D eigenvalue weighted by Gasteiger charge is -2.54. The average Bonchev–Trinajstić information content (AvgIpc) is 3.31. The number of aliphatic imine (C=N–C) groups is 1. The van der Waals surface area contributed by atoms with Gasteiger partial charge < -0.3 is 20.3 Å². The van der Waals surface area contributed by atoms with Gasteiger partial charge >= 0.3 is 0 Å². The molecule has 2 aliphatic carbocycles. The third kappa shape index (κ3) is 4.25. The molecule has 6 heteroatoms. The fourth-order valence-corrected chi connectivity index (χ4v) is 5.18. The molecule has 3 unspecified atom stereocenters. The Morgan fingerprint density at radius 1 is 1.26 bits per heavy atom. The molecule has 3 atom stereocenters. The summed E-state index contributed by atoms with van der Waals surface area (Å²) in [6.45, 7) is 11.3. The Balaban J connectivity index is 1.57. The quantitative estimate of drug-likeness (QED) is 0.551. The predicted molar refractivity (Wildman–Crippen MR) is 109 cm³/mol. The second kappa shape index (κ2) is 8.80. The molecule has 1 aliphatic heterocycles. The van der Waals surface area contributed by atoms with Crippen molar-refractivity contribution in [3.8, 4) is 0 Å². The Hall–Kier alpha value is -1.30. The van der Waals surface area contributed by atoms with Crippen molar-refractivity contribution in [2.45, 2.75) is 84.4 Å². The van der Waals surface area contributed by atoms with Crippen LogP contribution in [0.1, 0.15) is 66.2 Å². The average molecular weight is 379 g/mol. The van der Waals surface area contributed by atoms with E-state index in [1.165, 1.54) is 25.7 Å². The summed E-state index contributed by atoms with van der Waals surface area (Å²) in [5.74, 6) is 1.23. The van der Waals surface area contributed by atoms with E-state index in [-0.39, 0.29) is 17.9 Å². The molecule has 1 heterocycles. The van der Waals surface area contributed by atoms with Gasteiger partial charge in [-0.3, -0.25) is 9.79 Å². The minimum atomic E-state index is 0.0679. The number of carbonyl (C=O) groups excluding carboxylic acids is 1. The molecule has 1 amide bonds. The van der Waals surface area contributed by atoms with Crippen LogP contribution in [0.2, 0.25) is 0 Å². The second-order valence-electron chi connectivity index (χ2n) is 8.71. The van der Waals surface area contributed by atoms with Crippen LogP contribution in [0, 0.1) is 11.3 Å². The van der Waals surface area contributed by atoms with Crippen LogP contribution in [0.5, 0.6) is 0 Å². The summed E-state index contributed by atoms with van der Waals surface area (Å²) in [5, 5.41) is 7.32. The number of amides is 1. The summed E-state index contributed by atoms with van der Waals surface area (Å²) in [4.78, 5) is 18.9. The Kier molecular flexibility index (Phi) is 6.66. The third-order valence-corrected chi connectivity index (χ3v) is 6.65. The molecule has 3 aliphatic rings. The van der Waals surface area contributed by atoms with Crippen molar-refractivity contribution in [3.05, 3.63) is 0 Å². The first-order valence-electron chi connectivity index (χ1n) is 11.0. The standard InChI is InChI=1S/C21H38N4O2/c1-5-22-20(23-16-9-12-25(14-16)19(26)15(3)4)24-17-13-18(27-6-2)21(17)10-7-8-11-21/h15-18H,5-14H2,1-4H3,(H2,22,23,24). The van der Waals surface area contributed by atoms with E-state index >= 15 is 0 Å². The second-order valence-corrected chi connectivity index (χ2v) is 8.71. The lowest BCUT2D eigenvalue weighted by Crippen LogP contribution is -2.65. The molecule has 0 aromatic rings. The summed E-state index contributed by atoms with van der Waals surface area (Å²) in [5.41, 5.74) is 0.293. The molecule has 154 valence electrons. The number of nitrogens with zero attached hydrogens (tertiary/aromatic N) is 2. The van der Waals surface area contributed by atoms with Crippen molar-refractivity contribution in [2.75, 3.05) is 26.2 Å². The van der Waals surface area contributed by atoms with Gasteiger partial charge in [0.15, 0.2) is 5.96 Å². The van der Waals surface area contributed by atoms with Gasteiger partial charge in [-0.25, -0.2) is 0 Å². The van der Waals surface area contributed by atoms with Crippen molar-refractivity contribution in [1.82, 2.24) is 15.5 Å². The number of ether oxygens (including phenoxy) is 1. The Labute approximate surface area is 164 Å². The minimum Gasteiger partial charge on any atom is -0.378 e. The lowest BCUT2D eigenvalue weighted by molar-refractivity contribution is -0.133. The van der Waals surface area contributed by atoms with E-state index in [9.17, 15) is 4.79 Å². The summed E-state index contributed by atoms with van der Waals surface area (Å²) in [6.07, 6.45) is 7.59. The summed E-state index contributed by atoms with van der Waals surface area (Å²) in [6, 6.07) is 0.733. The largest absolute Gasteiger partial charge is 0.378 e. The molecule has 1 saturated heterocycles. The molecule has 6 nitrogen and oxygen atoms in total. The van der Waals surface area contributed by atoms with Crippen LogP contribution in [0.15, 0.2) is 4.99 Å². The molecule has 0 radical (unpaired) electrons. The monoisotopic (exact) mass is 378 g/mol. The molecule has 2 N–H and O–H groups in total. The first-order chi connectivity index (χ1) is 13.0. The van der Waals surface area contributed by atoms with E-state index < -0.39 is 0 Å². The fraction of sp³-hybridized carbons (Fsp3) is 0.905. The number of carbonyl (C=O) groups is 1. The minimum absolute atomic E-state index is 0.0679. The Morgan fingerprint density at radius 3 is 2.63 bits per heavy atom. The van der Waals surface area contributed by atoms with Gasteiger partial charge in [-0.15, -0.1) is 0 Å². The molecular weight excluding hydrogens is 340 g/mol. The van der Waals surface area contributed by atoms with Crippen LogP contribution in [0.25, 0.3) is 0 Å². The molecule has 0 bridgehead atoms. The first-order valence-corrected chi connectivity index (χ1v) is 11.0. The normalized spacial score (nSPS) is 30.0. The highest BCUT2D eigenvalue weighted by Gasteiger charge is 2.57. The molecule has 1 spiro atoms. The van der Waals surface area contributed by atoms with Gasteiger partial charge in [0.1, 0.15) is 0 Å². The van der Waals surface area contributed by atoms with Crippen molar-refractivity contribution in [2.24, 2.45) is 16.3 Å². The van der Waals surface area contributed by atoms with Gasteiger partial charge in [-0.2, -0.15) is 0 Å². The van der Waals surface area contributed by atoms with Gasteiger partial charge in [0, 0.05) is 49.7 Å². The van der Waals surface area contributed by atoms with Crippen LogP contribution < -0.4 is 10.6 Å². The maximum Gasteiger partial charge on any atom is 0.225 e. The van der Waals surface area contributed by atoms with Crippen LogP contribution in [-0.4, -0.2) is 61.2 Å². The van der Waals surface area contributed by atoms with Gasteiger partial charge in [0.25, 0.3) is 0 Å². The SMILES string of the molecule is CCN=C(NC1CCN(C(=O)C(C)C)C1)NC1CC(OCC)C12CCCC2. The number of guanidine groups is 1.